The smallest absolute Gasteiger partial charge is 0.200 e. The second-order valence-electron chi connectivity index (χ2n) is 5.19. The van der Waals surface area contributed by atoms with Gasteiger partial charge in [0.1, 0.15) is 0 Å². The van der Waals surface area contributed by atoms with E-state index in [0.717, 1.165) is 30.8 Å². The lowest BCUT2D eigenvalue weighted by Gasteiger charge is -2.26. The summed E-state index contributed by atoms with van der Waals surface area (Å²) >= 11 is 1.61. The van der Waals surface area contributed by atoms with Gasteiger partial charge in [-0.2, -0.15) is 0 Å². The molecule has 1 N–H and O–H groups in total. The molecule has 0 aliphatic heterocycles. The van der Waals surface area contributed by atoms with Crippen molar-refractivity contribution in [3.8, 4) is 11.6 Å². The van der Waals surface area contributed by atoms with E-state index < -0.39 is 0 Å². The number of aliphatic hydroxyl groups excluding tert-OH is 1. The van der Waals surface area contributed by atoms with Crippen LogP contribution in [0.25, 0.3) is 11.6 Å². The Hall–Kier alpha value is -1.53. The molecule has 0 radical (unpaired) electrons. The van der Waals surface area contributed by atoms with Gasteiger partial charge in [-0.05, 0) is 25.0 Å². The van der Waals surface area contributed by atoms with Crippen molar-refractivity contribution in [1.29, 1.82) is 0 Å². The van der Waals surface area contributed by atoms with Crippen LogP contribution in [0.1, 0.15) is 25.7 Å². The summed E-state index contributed by atoms with van der Waals surface area (Å²) in [4.78, 5) is 0. The van der Waals surface area contributed by atoms with E-state index in [0.29, 0.717) is 18.1 Å². The lowest BCUT2D eigenvalue weighted by Crippen LogP contribution is -2.27. The fourth-order valence-corrected chi connectivity index (χ4v) is 3.83. The van der Waals surface area contributed by atoms with Crippen LogP contribution in [0.4, 0.5) is 0 Å². The van der Waals surface area contributed by atoms with Crippen molar-refractivity contribution in [3.63, 3.8) is 0 Å². The van der Waals surface area contributed by atoms with Gasteiger partial charge in [-0.1, -0.05) is 30.7 Å². The van der Waals surface area contributed by atoms with Crippen molar-refractivity contribution in [2.45, 2.75) is 48.7 Å². The van der Waals surface area contributed by atoms with Crippen molar-refractivity contribution < 1.29 is 9.52 Å². The zero-order chi connectivity index (χ0) is 14.7. The molecule has 1 saturated carbocycles. The van der Waals surface area contributed by atoms with Crippen molar-refractivity contribution >= 4 is 11.8 Å². The molecule has 3 rings (SSSR count). The Morgan fingerprint density at radius 2 is 2.29 bits per heavy atom. The van der Waals surface area contributed by atoms with Gasteiger partial charge in [-0.15, -0.1) is 16.8 Å². The zero-order valence-electron chi connectivity index (χ0n) is 11.8. The summed E-state index contributed by atoms with van der Waals surface area (Å²) in [6.07, 6.45) is 7.34. The molecule has 1 fully saturated rings. The average Bonchev–Trinajstić information content (AvgIpc) is 3.12. The van der Waals surface area contributed by atoms with Crippen LogP contribution < -0.4 is 0 Å². The van der Waals surface area contributed by atoms with Crippen LogP contribution in [-0.2, 0) is 6.54 Å². The highest BCUT2D eigenvalue weighted by atomic mass is 32.2. The van der Waals surface area contributed by atoms with E-state index in [1.54, 1.807) is 18.0 Å². The summed E-state index contributed by atoms with van der Waals surface area (Å²) in [6, 6.07) is 3.70. The average molecular weight is 305 g/mol. The van der Waals surface area contributed by atoms with Gasteiger partial charge in [-0.25, -0.2) is 0 Å². The molecular formula is C15H19N3O2S. The van der Waals surface area contributed by atoms with Crippen LogP contribution in [-0.4, -0.2) is 31.2 Å². The summed E-state index contributed by atoms with van der Waals surface area (Å²) in [5.74, 6) is 1.40. The molecule has 21 heavy (non-hydrogen) atoms. The number of hydrogen-bond acceptors (Lipinski definition) is 5. The number of thioether (sulfide) groups is 1. The maximum Gasteiger partial charge on any atom is 0.200 e. The Morgan fingerprint density at radius 3 is 3.00 bits per heavy atom. The molecule has 0 saturated heterocycles. The fraction of sp³-hybridized carbons (Fsp3) is 0.467. The van der Waals surface area contributed by atoms with Crippen LogP contribution in [0, 0.1) is 0 Å². The molecule has 0 aromatic carbocycles. The number of furan rings is 1. The van der Waals surface area contributed by atoms with E-state index in [4.69, 9.17) is 4.42 Å². The Labute approximate surface area is 128 Å². The minimum absolute atomic E-state index is 0.191. The van der Waals surface area contributed by atoms with E-state index in [1.807, 2.05) is 22.8 Å². The highest BCUT2D eigenvalue weighted by molar-refractivity contribution is 7.99. The molecule has 2 aromatic heterocycles. The zero-order valence-corrected chi connectivity index (χ0v) is 12.6. The highest BCUT2D eigenvalue weighted by Gasteiger charge is 2.27. The molecule has 5 nitrogen and oxygen atoms in total. The molecule has 2 heterocycles. The van der Waals surface area contributed by atoms with Crippen LogP contribution >= 0.6 is 11.8 Å². The Kier molecular flexibility index (Phi) is 4.45. The van der Waals surface area contributed by atoms with Crippen molar-refractivity contribution in [3.05, 3.63) is 31.1 Å². The second kappa shape index (κ2) is 6.49. The van der Waals surface area contributed by atoms with Gasteiger partial charge in [-0.3, -0.25) is 4.57 Å². The normalized spacial score (nSPS) is 22.3. The van der Waals surface area contributed by atoms with Crippen molar-refractivity contribution in [2.75, 3.05) is 0 Å². The lowest BCUT2D eigenvalue weighted by molar-refractivity contribution is 0.137. The molecule has 0 spiro atoms. The summed E-state index contributed by atoms with van der Waals surface area (Å²) < 4.78 is 7.40. The Morgan fingerprint density at radius 1 is 1.43 bits per heavy atom. The molecule has 6 heteroatoms. The predicted molar refractivity (Wildman–Crippen MR) is 82.0 cm³/mol. The largest absolute Gasteiger partial charge is 0.461 e. The predicted octanol–water partition coefficient (Wildman–Crippen LogP) is 3.12. The first-order valence-corrected chi connectivity index (χ1v) is 8.10. The molecular weight excluding hydrogens is 286 g/mol. The number of nitrogens with zero attached hydrogens (tertiary/aromatic N) is 3. The number of allylic oxidation sites excluding steroid dienone is 1. The number of rotatable bonds is 5. The van der Waals surface area contributed by atoms with Gasteiger partial charge in [0.15, 0.2) is 10.9 Å². The standard InChI is InChI=1S/C15H19N3O2S/c1-2-9-18-14(12-7-5-10-20-12)16-17-15(18)21-13-8-4-3-6-11(13)19/h2,5,7,10-11,13,19H,1,3-4,6,8-9H2. The minimum Gasteiger partial charge on any atom is -0.461 e. The van der Waals surface area contributed by atoms with Gasteiger partial charge < -0.3 is 9.52 Å². The summed E-state index contributed by atoms with van der Waals surface area (Å²) in [5.41, 5.74) is 0. The van der Waals surface area contributed by atoms with Crippen LogP contribution in [0.2, 0.25) is 0 Å². The molecule has 2 aromatic rings. The molecule has 1 aliphatic carbocycles. The molecule has 112 valence electrons. The third-order valence-corrected chi connectivity index (χ3v) is 5.06. The summed E-state index contributed by atoms with van der Waals surface area (Å²) in [7, 11) is 0. The van der Waals surface area contributed by atoms with Gasteiger partial charge >= 0.3 is 0 Å². The van der Waals surface area contributed by atoms with E-state index in [-0.39, 0.29) is 11.4 Å². The van der Waals surface area contributed by atoms with E-state index >= 15 is 0 Å². The highest BCUT2D eigenvalue weighted by Crippen LogP contribution is 2.34. The fourth-order valence-electron chi connectivity index (χ4n) is 2.61. The number of aliphatic hydroxyl groups is 1. The topological polar surface area (TPSA) is 64.1 Å². The van der Waals surface area contributed by atoms with Gasteiger partial charge in [0.25, 0.3) is 0 Å². The van der Waals surface area contributed by atoms with Gasteiger partial charge in [0, 0.05) is 11.8 Å². The number of hydrogen-bond donors (Lipinski definition) is 1. The van der Waals surface area contributed by atoms with Crippen LogP contribution in [0.3, 0.4) is 0 Å². The maximum atomic E-state index is 10.1. The van der Waals surface area contributed by atoms with Crippen LogP contribution in [0.5, 0.6) is 0 Å². The van der Waals surface area contributed by atoms with Gasteiger partial charge in [0.05, 0.1) is 12.4 Å². The summed E-state index contributed by atoms with van der Waals surface area (Å²) in [6.45, 7) is 4.41. The van der Waals surface area contributed by atoms with E-state index in [9.17, 15) is 5.11 Å². The molecule has 1 aliphatic rings. The van der Waals surface area contributed by atoms with E-state index in [2.05, 4.69) is 16.8 Å². The SMILES string of the molecule is C=CCn1c(SC2CCCCC2O)nnc1-c1ccco1. The van der Waals surface area contributed by atoms with Gasteiger partial charge in [0.2, 0.25) is 5.82 Å². The van der Waals surface area contributed by atoms with Crippen LogP contribution in [0.15, 0.2) is 40.6 Å². The molecule has 0 amide bonds. The Bertz CT molecular complexity index is 594. The van der Waals surface area contributed by atoms with Crippen molar-refractivity contribution in [2.24, 2.45) is 0 Å². The Balaban J connectivity index is 1.86. The van der Waals surface area contributed by atoms with Crippen molar-refractivity contribution in [1.82, 2.24) is 14.8 Å². The second-order valence-corrected chi connectivity index (χ2v) is 6.40. The quantitative estimate of drug-likeness (QED) is 0.860. The first-order chi connectivity index (χ1) is 10.3. The molecule has 2 atom stereocenters. The number of aromatic nitrogens is 3. The third kappa shape index (κ3) is 3.06. The summed E-state index contributed by atoms with van der Waals surface area (Å²) in [5, 5.41) is 19.6. The minimum atomic E-state index is -0.260. The lowest BCUT2D eigenvalue weighted by atomic mass is 9.97. The van der Waals surface area contributed by atoms with E-state index in [1.165, 1.54) is 0 Å². The first kappa shape index (κ1) is 14.4. The molecule has 2 unspecified atom stereocenters. The maximum absolute atomic E-state index is 10.1. The molecule has 0 bridgehead atoms. The first-order valence-electron chi connectivity index (χ1n) is 7.22. The third-order valence-electron chi connectivity index (χ3n) is 3.69. The monoisotopic (exact) mass is 305 g/mol.